The second-order valence-corrected chi connectivity index (χ2v) is 5.11. The molecule has 0 N–H and O–H groups in total. The van der Waals surface area contributed by atoms with Gasteiger partial charge in [-0.25, -0.2) is 9.97 Å². The van der Waals surface area contributed by atoms with Gasteiger partial charge < -0.3 is 9.53 Å². The van der Waals surface area contributed by atoms with Crippen molar-refractivity contribution in [3.8, 4) is 0 Å². The van der Waals surface area contributed by atoms with Crippen molar-refractivity contribution >= 4 is 29.6 Å². The zero-order valence-electron chi connectivity index (χ0n) is 11.4. The van der Waals surface area contributed by atoms with Crippen LogP contribution in [0, 0.1) is 0 Å². The number of aldehydes is 1. The summed E-state index contributed by atoms with van der Waals surface area (Å²) in [5.41, 5.74) is 0.0283. The van der Waals surface area contributed by atoms with Crippen molar-refractivity contribution in [2.45, 2.75) is 31.3 Å². The van der Waals surface area contributed by atoms with Crippen LogP contribution >= 0.6 is 23.4 Å². The fourth-order valence-electron chi connectivity index (χ4n) is 0.940. The number of halogens is 1. The van der Waals surface area contributed by atoms with Gasteiger partial charge in [0.1, 0.15) is 11.4 Å². The van der Waals surface area contributed by atoms with Gasteiger partial charge in [-0.1, -0.05) is 23.4 Å². The molecule has 6 heteroatoms. The summed E-state index contributed by atoms with van der Waals surface area (Å²) in [5, 5.41) is 0.960. The molecule has 0 saturated heterocycles. The minimum absolute atomic E-state index is 0.349. The van der Waals surface area contributed by atoms with Crippen LogP contribution in [0.25, 0.3) is 0 Å². The minimum atomic E-state index is -0.631. The lowest BCUT2D eigenvalue weighted by molar-refractivity contribution is -0.111. The van der Waals surface area contributed by atoms with Crippen LogP contribution in [0.1, 0.15) is 26.3 Å². The van der Waals surface area contributed by atoms with Gasteiger partial charge >= 0.3 is 0 Å². The fourth-order valence-corrected chi connectivity index (χ4v) is 1.70. The molecular formula is C12H19ClN2O2S. The van der Waals surface area contributed by atoms with Gasteiger partial charge in [-0.2, -0.15) is 0 Å². The number of thioether (sulfide) groups is 1. The number of carbonyl (C=O) groups excluding carboxylic acids is 1. The van der Waals surface area contributed by atoms with E-state index in [1.807, 2.05) is 13.2 Å². The number of ether oxygens (including phenoxy) is 1. The maximum absolute atomic E-state index is 10.8. The third kappa shape index (κ3) is 5.33. The van der Waals surface area contributed by atoms with Gasteiger partial charge in [0.2, 0.25) is 0 Å². The van der Waals surface area contributed by atoms with Gasteiger partial charge in [-0.15, -0.1) is 0 Å². The maximum Gasteiger partial charge on any atom is 0.188 e. The SMILES string of the molecule is CCOC.CSc1ncc(C(C)(C)C=O)c(Cl)n1. The van der Waals surface area contributed by atoms with Gasteiger partial charge in [0, 0.05) is 30.9 Å². The molecule has 0 radical (unpaired) electrons. The van der Waals surface area contributed by atoms with Crippen LogP contribution in [-0.2, 0) is 14.9 Å². The molecule has 0 aliphatic heterocycles. The molecule has 0 aliphatic rings. The summed E-state index contributed by atoms with van der Waals surface area (Å²) in [6, 6.07) is 0. The summed E-state index contributed by atoms with van der Waals surface area (Å²) in [6.07, 6.45) is 4.32. The topological polar surface area (TPSA) is 52.1 Å². The summed E-state index contributed by atoms with van der Waals surface area (Å²) >= 11 is 7.36. The number of carbonyl (C=O) groups is 1. The number of aromatic nitrogens is 2. The summed E-state index contributed by atoms with van der Waals surface area (Å²) in [5.74, 6) is 0. The lowest BCUT2D eigenvalue weighted by Crippen LogP contribution is -2.20. The first kappa shape index (κ1) is 17.4. The monoisotopic (exact) mass is 290 g/mol. The van der Waals surface area contributed by atoms with Crippen LogP contribution in [0.3, 0.4) is 0 Å². The molecular weight excluding hydrogens is 272 g/mol. The fraction of sp³-hybridized carbons (Fsp3) is 0.583. The molecule has 102 valence electrons. The van der Waals surface area contributed by atoms with Crippen molar-refractivity contribution in [1.82, 2.24) is 9.97 Å². The molecule has 0 unspecified atom stereocenters. The first-order valence-electron chi connectivity index (χ1n) is 5.45. The molecule has 0 amide bonds. The van der Waals surface area contributed by atoms with Crippen LogP contribution < -0.4 is 0 Å². The van der Waals surface area contributed by atoms with Crippen LogP contribution in [0.2, 0.25) is 5.15 Å². The smallest absolute Gasteiger partial charge is 0.188 e. The molecule has 1 aromatic rings. The van der Waals surface area contributed by atoms with Crippen molar-refractivity contribution < 1.29 is 9.53 Å². The van der Waals surface area contributed by atoms with E-state index in [9.17, 15) is 4.79 Å². The summed E-state index contributed by atoms with van der Waals surface area (Å²) in [6.45, 7) is 6.34. The number of rotatable bonds is 4. The van der Waals surface area contributed by atoms with Crippen LogP contribution in [0.15, 0.2) is 11.4 Å². The Kier molecular flexibility index (Phi) is 8.15. The number of nitrogens with zero attached hydrogens (tertiary/aromatic N) is 2. The van der Waals surface area contributed by atoms with Gasteiger partial charge in [0.05, 0.1) is 0 Å². The minimum Gasteiger partial charge on any atom is -0.385 e. The Morgan fingerprint density at radius 2 is 2.11 bits per heavy atom. The van der Waals surface area contributed by atoms with E-state index in [1.165, 1.54) is 11.8 Å². The van der Waals surface area contributed by atoms with Gasteiger partial charge in [-0.3, -0.25) is 0 Å². The highest BCUT2D eigenvalue weighted by atomic mass is 35.5. The molecule has 1 rings (SSSR count). The highest BCUT2D eigenvalue weighted by Gasteiger charge is 2.24. The largest absolute Gasteiger partial charge is 0.385 e. The van der Waals surface area contributed by atoms with E-state index in [2.05, 4.69) is 14.7 Å². The highest BCUT2D eigenvalue weighted by Crippen LogP contribution is 2.27. The Labute approximate surface area is 117 Å². The van der Waals surface area contributed by atoms with Crippen molar-refractivity contribution in [2.24, 2.45) is 0 Å². The van der Waals surface area contributed by atoms with E-state index < -0.39 is 5.41 Å². The van der Waals surface area contributed by atoms with E-state index in [-0.39, 0.29) is 0 Å². The third-order valence-electron chi connectivity index (χ3n) is 2.18. The number of hydrogen-bond acceptors (Lipinski definition) is 5. The van der Waals surface area contributed by atoms with Gasteiger partial charge in [0.25, 0.3) is 0 Å². The lowest BCUT2D eigenvalue weighted by atomic mass is 9.88. The Morgan fingerprint density at radius 3 is 2.44 bits per heavy atom. The average molecular weight is 291 g/mol. The van der Waals surface area contributed by atoms with Crippen LogP contribution in [0.5, 0.6) is 0 Å². The molecule has 0 fully saturated rings. The van der Waals surface area contributed by atoms with E-state index in [1.54, 1.807) is 27.2 Å². The first-order chi connectivity index (χ1) is 8.42. The molecule has 0 bridgehead atoms. The maximum atomic E-state index is 10.8. The van der Waals surface area contributed by atoms with E-state index in [0.29, 0.717) is 15.9 Å². The third-order valence-corrected chi connectivity index (χ3v) is 3.03. The van der Waals surface area contributed by atoms with E-state index >= 15 is 0 Å². The predicted octanol–water partition coefficient (Wildman–Crippen LogP) is 2.98. The Morgan fingerprint density at radius 1 is 1.56 bits per heavy atom. The Balaban J connectivity index is 0.000000631. The molecule has 1 heterocycles. The molecule has 1 aromatic heterocycles. The lowest BCUT2D eigenvalue weighted by Gasteiger charge is -2.17. The molecule has 0 aliphatic carbocycles. The molecule has 0 spiro atoms. The number of hydrogen-bond donors (Lipinski definition) is 0. The Hall–Kier alpha value is -0.650. The van der Waals surface area contributed by atoms with E-state index in [0.717, 1.165) is 12.9 Å². The Bertz CT molecular complexity index is 384. The first-order valence-corrected chi connectivity index (χ1v) is 7.05. The average Bonchev–Trinajstić information content (AvgIpc) is 2.38. The summed E-state index contributed by atoms with van der Waals surface area (Å²) in [7, 11) is 1.68. The normalized spacial score (nSPS) is 10.6. The number of methoxy groups -OCH3 is 1. The second kappa shape index (κ2) is 8.45. The van der Waals surface area contributed by atoms with Crippen molar-refractivity contribution in [3.05, 3.63) is 16.9 Å². The zero-order valence-corrected chi connectivity index (χ0v) is 12.9. The van der Waals surface area contributed by atoms with Crippen molar-refractivity contribution in [1.29, 1.82) is 0 Å². The van der Waals surface area contributed by atoms with Gasteiger partial charge in [-0.05, 0) is 27.0 Å². The van der Waals surface area contributed by atoms with Crippen LogP contribution in [-0.4, -0.2) is 36.2 Å². The molecule has 0 atom stereocenters. The highest BCUT2D eigenvalue weighted by molar-refractivity contribution is 7.98. The zero-order chi connectivity index (χ0) is 14.2. The summed E-state index contributed by atoms with van der Waals surface area (Å²) < 4.78 is 4.54. The van der Waals surface area contributed by atoms with Crippen molar-refractivity contribution in [3.63, 3.8) is 0 Å². The van der Waals surface area contributed by atoms with E-state index in [4.69, 9.17) is 11.6 Å². The standard InChI is InChI=1S/C9H11ClN2OS.C3H8O/c1-9(2,5-13)6-4-11-8(14-3)12-7(6)10;1-3-4-2/h4-5H,1-3H3;3H2,1-2H3. The van der Waals surface area contributed by atoms with Crippen LogP contribution in [0.4, 0.5) is 0 Å². The quantitative estimate of drug-likeness (QED) is 0.369. The molecule has 0 saturated carbocycles. The second-order valence-electron chi connectivity index (χ2n) is 3.98. The van der Waals surface area contributed by atoms with Gasteiger partial charge in [0.15, 0.2) is 5.16 Å². The predicted molar refractivity (Wildman–Crippen MR) is 75.5 cm³/mol. The molecule has 4 nitrogen and oxygen atoms in total. The molecule has 18 heavy (non-hydrogen) atoms. The summed E-state index contributed by atoms with van der Waals surface area (Å²) in [4.78, 5) is 19.0. The molecule has 0 aromatic carbocycles. The van der Waals surface area contributed by atoms with Crippen molar-refractivity contribution in [2.75, 3.05) is 20.0 Å².